The van der Waals surface area contributed by atoms with Crippen LogP contribution in [0.2, 0.25) is 0 Å². The lowest BCUT2D eigenvalue weighted by atomic mass is 10.2. The number of nitrogens with one attached hydrogen (secondary N) is 1. The summed E-state index contributed by atoms with van der Waals surface area (Å²) in [4.78, 5) is 4.26. The van der Waals surface area contributed by atoms with Crippen LogP contribution in [0.3, 0.4) is 0 Å². The third-order valence-corrected chi connectivity index (χ3v) is 1.91. The van der Waals surface area contributed by atoms with Crippen molar-refractivity contribution in [2.75, 3.05) is 5.32 Å². The van der Waals surface area contributed by atoms with E-state index in [1.807, 2.05) is 12.1 Å². The summed E-state index contributed by atoms with van der Waals surface area (Å²) in [6, 6.07) is 4.39. The Morgan fingerprint density at radius 3 is 3.08 bits per heavy atom. The minimum Gasteiger partial charge on any atom is -0.367 e. The van der Waals surface area contributed by atoms with Gasteiger partial charge in [-0.2, -0.15) is 0 Å². The second-order valence-corrected chi connectivity index (χ2v) is 3.24. The highest BCUT2D eigenvalue weighted by molar-refractivity contribution is 5.43. The summed E-state index contributed by atoms with van der Waals surface area (Å²) in [6.07, 6.45) is 4.67. The van der Waals surface area contributed by atoms with Crippen molar-refractivity contribution in [2.24, 2.45) is 0 Å². The first-order valence-electron chi connectivity index (χ1n) is 4.53. The first-order valence-corrected chi connectivity index (χ1v) is 4.53. The number of rotatable bonds is 4. The third kappa shape index (κ3) is 2.90. The Morgan fingerprint density at radius 2 is 2.46 bits per heavy atom. The van der Waals surface area contributed by atoms with Crippen LogP contribution < -0.4 is 5.32 Å². The lowest BCUT2D eigenvalue weighted by Crippen LogP contribution is -2.15. The Balaban J connectivity index is 2.63. The molecule has 1 heterocycles. The number of pyridine rings is 1. The van der Waals surface area contributed by atoms with Crippen LogP contribution in [0, 0.1) is 6.92 Å². The largest absolute Gasteiger partial charge is 0.367 e. The number of aryl methyl sites for hydroxylation is 1. The van der Waals surface area contributed by atoms with Crippen LogP contribution in [0.4, 0.5) is 5.82 Å². The lowest BCUT2D eigenvalue weighted by Gasteiger charge is -2.13. The molecule has 0 amide bonds. The average molecular weight is 176 g/mol. The molecule has 0 radical (unpaired) electrons. The van der Waals surface area contributed by atoms with E-state index in [2.05, 4.69) is 36.8 Å². The first-order chi connectivity index (χ1) is 6.24. The molecule has 1 atom stereocenters. The molecule has 0 aliphatic heterocycles. The van der Waals surface area contributed by atoms with Gasteiger partial charge in [0.1, 0.15) is 5.82 Å². The van der Waals surface area contributed by atoms with Gasteiger partial charge in [-0.1, -0.05) is 12.1 Å². The van der Waals surface area contributed by atoms with Gasteiger partial charge in [0.15, 0.2) is 0 Å². The van der Waals surface area contributed by atoms with Crippen molar-refractivity contribution < 1.29 is 0 Å². The Hall–Kier alpha value is -1.31. The number of nitrogens with zero attached hydrogens (tertiary/aromatic N) is 1. The van der Waals surface area contributed by atoms with E-state index in [1.54, 1.807) is 6.20 Å². The summed E-state index contributed by atoms with van der Waals surface area (Å²) in [5.74, 6) is 0.969. The maximum absolute atomic E-state index is 4.26. The molecule has 0 aromatic carbocycles. The van der Waals surface area contributed by atoms with Crippen molar-refractivity contribution in [1.29, 1.82) is 0 Å². The SMILES string of the molecule is C=CCC(C)Nc1ncccc1C. The molecule has 70 valence electrons. The van der Waals surface area contributed by atoms with E-state index < -0.39 is 0 Å². The van der Waals surface area contributed by atoms with E-state index in [0.717, 1.165) is 12.2 Å². The molecule has 2 nitrogen and oxygen atoms in total. The quantitative estimate of drug-likeness (QED) is 0.713. The molecule has 1 unspecified atom stereocenters. The van der Waals surface area contributed by atoms with Crippen LogP contribution in [-0.4, -0.2) is 11.0 Å². The van der Waals surface area contributed by atoms with Crippen molar-refractivity contribution in [3.8, 4) is 0 Å². The summed E-state index contributed by atoms with van der Waals surface area (Å²) in [5.41, 5.74) is 1.18. The van der Waals surface area contributed by atoms with E-state index in [1.165, 1.54) is 5.56 Å². The van der Waals surface area contributed by atoms with Gasteiger partial charge in [0, 0.05) is 12.2 Å². The molecule has 0 aliphatic carbocycles. The van der Waals surface area contributed by atoms with Crippen LogP contribution >= 0.6 is 0 Å². The fourth-order valence-electron chi connectivity index (χ4n) is 1.18. The summed E-state index contributed by atoms with van der Waals surface area (Å²) in [5, 5.41) is 3.33. The first kappa shape index (κ1) is 9.78. The average Bonchev–Trinajstić information content (AvgIpc) is 2.09. The van der Waals surface area contributed by atoms with Gasteiger partial charge < -0.3 is 5.32 Å². The highest BCUT2D eigenvalue weighted by Gasteiger charge is 2.01. The third-order valence-electron chi connectivity index (χ3n) is 1.91. The Labute approximate surface area is 79.7 Å². The highest BCUT2D eigenvalue weighted by Crippen LogP contribution is 2.11. The molecule has 0 fully saturated rings. The molecular weight excluding hydrogens is 160 g/mol. The number of hydrogen-bond acceptors (Lipinski definition) is 2. The maximum Gasteiger partial charge on any atom is 0.129 e. The van der Waals surface area contributed by atoms with Gasteiger partial charge in [0.25, 0.3) is 0 Å². The lowest BCUT2D eigenvalue weighted by molar-refractivity contribution is 0.805. The minimum atomic E-state index is 0.395. The predicted octanol–water partition coefficient (Wildman–Crippen LogP) is 2.77. The number of aromatic nitrogens is 1. The standard InChI is InChI=1S/C11H16N2/c1-4-6-10(3)13-11-9(2)7-5-8-12-11/h4-5,7-8,10H,1,6H2,2-3H3,(H,12,13). The smallest absolute Gasteiger partial charge is 0.129 e. The topological polar surface area (TPSA) is 24.9 Å². The van der Waals surface area contributed by atoms with Gasteiger partial charge in [-0.25, -0.2) is 4.98 Å². The molecule has 13 heavy (non-hydrogen) atoms. The fourth-order valence-corrected chi connectivity index (χ4v) is 1.18. The second kappa shape index (κ2) is 4.65. The van der Waals surface area contributed by atoms with Crippen LogP contribution in [0.5, 0.6) is 0 Å². The van der Waals surface area contributed by atoms with E-state index >= 15 is 0 Å². The molecule has 0 saturated carbocycles. The zero-order chi connectivity index (χ0) is 9.68. The van der Waals surface area contributed by atoms with Crippen molar-refractivity contribution >= 4 is 5.82 Å². The van der Waals surface area contributed by atoms with Gasteiger partial charge in [-0.05, 0) is 31.9 Å². The monoisotopic (exact) mass is 176 g/mol. The molecule has 0 bridgehead atoms. The molecule has 1 aromatic rings. The van der Waals surface area contributed by atoms with Gasteiger partial charge in [-0.3, -0.25) is 0 Å². The van der Waals surface area contributed by atoms with Gasteiger partial charge in [-0.15, -0.1) is 6.58 Å². The zero-order valence-corrected chi connectivity index (χ0v) is 8.25. The number of hydrogen-bond donors (Lipinski definition) is 1. The molecule has 1 rings (SSSR count). The normalized spacial score (nSPS) is 12.2. The van der Waals surface area contributed by atoms with E-state index in [-0.39, 0.29) is 0 Å². The van der Waals surface area contributed by atoms with Crippen LogP contribution in [-0.2, 0) is 0 Å². The molecule has 0 aliphatic rings. The molecule has 1 aromatic heterocycles. The Bertz CT molecular complexity index is 281. The summed E-state index contributed by atoms with van der Waals surface area (Å²) in [6.45, 7) is 7.88. The Morgan fingerprint density at radius 1 is 1.69 bits per heavy atom. The van der Waals surface area contributed by atoms with Crippen LogP contribution in [0.15, 0.2) is 31.0 Å². The Kier molecular flexibility index (Phi) is 3.50. The predicted molar refractivity (Wildman–Crippen MR) is 56.9 cm³/mol. The fraction of sp³-hybridized carbons (Fsp3) is 0.364. The molecule has 2 heteroatoms. The summed E-state index contributed by atoms with van der Waals surface area (Å²) in [7, 11) is 0. The summed E-state index contributed by atoms with van der Waals surface area (Å²) < 4.78 is 0. The van der Waals surface area contributed by atoms with E-state index in [4.69, 9.17) is 0 Å². The van der Waals surface area contributed by atoms with Crippen molar-refractivity contribution in [3.05, 3.63) is 36.5 Å². The van der Waals surface area contributed by atoms with E-state index in [0.29, 0.717) is 6.04 Å². The van der Waals surface area contributed by atoms with Gasteiger partial charge in [0.2, 0.25) is 0 Å². The minimum absolute atomic E-state index is 0.395. The maximum atomic E-state index is 4.26. The van der Waals surface area contributed by atoms with Crippen LogP contribution in [0.1, 0.15) is 18.9 Å². The second-order valence-electron chi connectivity index (χ2n) is 3.24. The van der Waals surface area contributed by atoms with Gasteiger partial charge >= 0.3 is 0 Å². The number of anilines is 1. The molecule has 0 saturated heterocycles. The molecule has 1 N–H and O–H groups in total. The van der Waals surface area contributed by atoms with E-state index in [9.17, 15) is 0 Å². The van der Waals surface area contributed by atoms with Crippen molar-refractivity contribution in [3.63, 3.8) is 0 Å². The molecular formula is C11H16N2. The zero-order valence-electron chi connectivity index (χ0n) is 8.25. The van der Waals surface area contributed by atoms with Crippen molar-refractivity contribution in [1.82, 2.24) is 4.98 Å². The van der Waals surface area contributed by atoms with Crippen LogP contribution in [0.25, 0.3) is 0 Å². The summed E-state index contributed by atoms with van der Waals surface area (Å²) >= 11 is 0. The highest BCUT2D eigenvalue weighted by atomic mass is 15.0. The van der Waals surface area contributed by atoms with Crippen molar-refractivity contribution in [2.45, 2.75) is 26.3 Å². The van der Waals surface area contributed by atoms with Gasteiger partial charge in [0.05, 0.1) is 0 Å². The molecule has 0 spiro atoms.